The van der Waals surface area contributed by atoms with E-state index in [9.17, 15) is 4.79 Å². The summed E-state index contributed by atoms with van der Waals surface area (Å²) >= 11 is 0. The second-order valence-electron chi connectivity index (χ2n) is 11.6. The van der Waals surface area contributed by atoms with Crippen molar-refractivity contribution in [3.63, 3.8) is 0 Å². The molecule has 1 heterocycles. The summed E-state index contributed by atoms with van der Waals surface area (Å²) in [6, 6.07) is 9.59. The monoisotopic (exact) mass is 499 g/mol. The Hall–Kier alpha value is -1.52. The molecule has 3 fully saturated rings. The molecule has 3 aliphatic carbocycles. The number of benzene rings is 1. The number of fused-ring (bicyclic) bond motifs is 1. The number of carbonyl (C=O) groups excluding carboxylic acids is 1. The first kappa shape index (κ1) is 26.5. The van der Waals surface area contributed by atoms with Crippen molar-refractivity contribution in [2.24, 2.45) is 17.6 Å². The lowest BCUT2D eigenvalue weighted by Crippen LogP contribution is -2.41. The van der Waals surface area contributed by atoms with Crippen LogP contribution in [0.4, 0.5) is 0 Å². The van der Waals surface area contributed by atoms with Crippen LogP contribution in [-0.4, -0.2) is 22.6 Å². The maximum Gasteiger partial charge on any atom is 0.220 e. The lowest BCUT2D eigenvalue weighted by molar-refractivity contribution is -0.122. The molecule has 1 aromatic carbocycles. The third-order valence-corrected chi connectivity index (χ3v) is 9.16. The highest BCUT2D eigenvalue weighted by molar-refractivity contribution is 5.86. The van der Waals surface area contributed by atoms with Gasteiger partial charge in [-0.2, -0.15) is 0 Å². The fraction of sp³-hybridized carbons (Fsp3) is 0.700. The van der Waals surface area contributed by atoms with Gasteiger partial charge in [0, 0.05) is 42.1 Å². The van der Waals surface area contributed by atoms with Crippen LogP contribution < -0.4 is 11.1 Å². The first-order valence-corrected chi connectivity index (χ1v) is 14.3. The van der Waals surface area contributed by atoms with Crippen molar-refractivity contribution in [2.75, 3.05) is 0 Å². The van der Waals surface area contributed by atoms with Crippen LogP contribution in [0.1, 0.15) is 108 Å². The summed E-state index contributed by atoms with van der Waals surface area (Å²) in [6.45, 7) is 1.13. The van der Waals surface area contributed by atoms with Gasteiger partial charge in [-0.3, -0.25) is 4.79 Å². The fourth-order valence-corrected chi connectivity index (χ4v) is 7.19. The van der Waals surface area contributed by atoms with Crippen LogP contribution in [-0.2, 0) is 11.3 Å². The van der Waals surface area contributed by atoms with Crippen molar-refractivity contribution in [1.29, 1.82) is 0 Å². The van der Waals surface area contributed by atoms with E-state index in [0.29, 0.717) is 30.3 Å². The molecule has 5 rings (SSSR count). The van der Waals surface area contributed by atoms with Gasteiger partial charge < -0.3 is 15.6 Å². The summed E-state index contributed by atoms with van der Waals surface area (Å²) in [5.74, 6) is 1.99. The maximum atomic E-state index is 13.3. The number of rotatable bonds is 7. The third kappa shape index (κ3) is 6.63. The quantitative estimate of drug-likeness (QED) is 0.427. The molecule has 35 heavy (non-hydrogen) atoms. The number of hydrogen-bond donors (Lipinski definition) is 2. The van der Waals surface area contributed by atoms with Gasteiger partial charge in [0.25, 0.3) is 0 Å². The smallest absolute Gasteiger partial charge is 0.220 e. The van der Waals surface area contributed by atoms with Crippen LogP contribution >= 0.6 is 12.4 Å². The van der Waals surface area contributed by atoms with Gasteiger partial charge in [-0.05, 0) is 80.8 Å². The molecule has 0 radical (unpaired) electrons. The minimum atomic E-state index is 0. The molecule has 0 bridgehead atoms. The average Bonchev–Trinajstić information content (AvgIpc) is 3.23. The van der Waals surface area contributed by atoms with Crippen molar-refractivity contribution in [3.05, 3.63) is 36.0 Å². The van der Waals surface area contributed by atoms with E-state index in [0.717, 1.165) is 38.1 Å². The van der Waals surface area contributed by atoms with Crippen molar-refractivity contribution in [1.82, 2.24) is 9.88 Å². The molecule has 3 aliphatic rings. The minimum absolute atomic E-state index is 0. The van der Waals surface area contributed by atoms with E-state index in [-0.39, 0.29) is 18.3 Å². The number of carbonyl (C=O) groups is 1. The summed E-state index contributed by atoms with van der Waals surface area (Å²) in [4.78, 5) is 13.3. The van der Waals surface area contributed by atoms with Crippen LogP contribution in [0.25, 0.3) is 10.9 Å². The highest BCUT2D eigenvalue weighted by Gasteiger charge is 2.31. The van der Waals surface area contributed by atoms with Gasteiger partial charge in [-0.1, -0.05) is 56.7 Å². The molecule has 3 saturated carbocycles. The predicted octanol–water partition coefficient (Wildman–Crippen LogP) is 7.08. The van der Waals surface area contributed by atoms with Gasteiger partial charge >= 0.3 is 0 Å². The normalized spacial score (nSPS) is 25.2. The molecule has 1 aromatic heterocycles. The largest absolute Gasteiger partial charge is 0.353 e. The van der Waals surface area contributed by atoms with E-state index in [2.05, 4.69) is 40.3 Å². The molecule has 0 saturated heterocycles. The Morgan fingerprint density at radius 1 is 0.914 bits per heavy atom. The minimum Gasteiger partial charge on any atom is -0.353 e. The van der Waals surface area contributed by atoms with Crippen molar-refractivity contribution < 1.29 is 4.79 Å². The number of para-hydroxylation sites is 1. The SMILES string of the molecule is Cl.NC1CCC(NC(=O)CC(c2cn(CC3CCCCC3)c3ccccc23)C2CCCCC2)CC1. The van der Waals surface area contributed by atoms with Crippen LogP contribution in [0.5, 0.6) is 0 Å². The average molecular weight is 500 g/mol. The Kier molecular flexibility index (Phi) is 9.58. The van der Waals surface area contributed by atoms with Crippen LogP contribution in [0, 0.1) is 11.8 Å². The van der Waals surface area contributed by atoms with Gasteiger partial charge in [-0.15, -0.1) is 12.4 Å². The number of nitrogens with zero attached hydrogens (tertiary/aromatic N) is 1. The number of nitrogens with two attached hydrogens (primary N) is 1. The Morgan fingerprint density at radius 2 is 1.57 bits per heavy atom. The molecular weight excluding hydrogens is 454 g/mol. The zero-order valence-electron chi connectivity index (χ0n) is 21.4. The predicted molar refractivity (Wildman–Crippen MR) is 148 cm³/mol. The Labute approximate surface area is 218 Å². The van der Waals surface area contributed by atoms with Gasteiger partial charge in [0.05, 0.1) is 0 Å². The molecule has 1 atom stereocenters. The van der Waals surface area contributed by atoms with Crippen LogP contribution in [0.3, 0.4) is 0 Å². The summed E-state index contributed by atoms with van der Waals surface area (Å²) < 4.78 is 2.54. The van der Waals surface area contributed by atoms with E-state index in [1.165, 1.54) is 80.7 Å². The maximum absolute atomic E-state index is 13.3. The molecule has 5 heteroatoms. The molecule has 1 unspecified atom stereocenters. The van der Waals surface area contributed by atoms with Gasteiger partial charge in [0.15, 0.2) is 0 Å². The topological polar surface area (TPSA) is 60.0 Å². The summed E-state index contributed by atoms with van der Waals surface area (Å²) in [7, 11) is 0. The van der Waals surface area contributed by atoms with Gasteiger partial charge in [-0.25, -0.2) is 0 Å². The zero-order chi connectivity index (χ0) is 23.3. The molecule has 1 amide bonds. The molecule has 4 nitrogen and oxygen atoms in total. The molecule has 3 N–H and O–H groups in total. The first-order valence-electron chi connectivity index (χ1n) is 14.3. The summed E-state index contributed by atoms with van der Waals surface area (Å²) in [5, 5.41) is 4.78. The van der Waals surface area contributed by atoms with Gasteiger partial charge in [0.1, 0.15) is 0 Å². The highest BCUT2D eigenvalue weighted by Crippen LogP contribution is 2.42. The Bertz CT molecular complexity index is 936. The molecule has 0 aliphatic heterocycles. The number of nitrogens with one attached hydrogen (secondary N) is 1. The first-order chi connectivity index (χ1) is 16.7. The number of amides is 1. The van der Waals surface area contributed by atoms with E-state index < -0.39 is 0 Å². The van der Waals surface area contributed by atoms with E-state index in [1.807, 2.05) is 0 Å². The zero-order valence-corrected chi connectivity index (χ0v) is 22.2. The molecule has 0 spiro atoms. The van der Waals surface area contributed by atoms with Crippen LogP contribution in [0.2, 0.25) is 0 Å². The summed E-state index contributed by atoms with van der Waals surface area (Å²) in [5.41, 5.74) is 8.89. The second kappa shape index (κ2) is 12.6. The van der Waals surface area contributed by atoms with E-state index >= 15 is 0 Å². The van der Waals surface area contributed by atoms with E-state index in [4.69, 9.17) is 5.73 Å². The highest BCUT2D eigenvalue weighted by atomic mass is 35.5. The van der Waals surface area contributed by atoms with Crippen molar-refractivity contribution >= 4 is 29.2 Å². The molecule has 194 valence electrons. The number of hydrogen-bond acceptors (Lipinski definition) is 2. The molecule has 2 aromatic rings. The lowest BCUT2D eigenvalue weighted by Gasteiger charge is -2.31. The van der Waals surface area contributed by atoms with E-state index in [1.54, 1.807) is 0 Å². The number of halogens is 1. The second-order valence-corrected chi connectivity index (χ2v) is 11.6. The molecular formula is C30H46ClN3O. The van der Waals surface area contributed by atoms with Crippen LogP contribution in [0.15, 0.2) is 30.5 Å². The standard InChI is InChI=1S/C30H45N3O.ClH/c31-24-15-17-25(18-16-24)32-30(34)19-27(23-11-5-2-6-12-23)28-21-33(20-22-9-3-1-4-10-22)29-14-8-7-13-26(28)29;/h7-8,13-14,21-25,27H,1-6,9-12,15-20,31H2,(H,32,34);1H. The van der Waals surface area contributed by atoms with Crippen molar-refractivity contribution in [2.45, 2.75) is 121 Å². The Morgan fingerprint density at radius 3 is 2.29 bits per heavy atom. The fourth-order valence-electron chi connectivity index (χ4n) is 7.19. The Balaban J connectivity index is 0.00000289. The van der Waals surface area contributed by atoms with Crippen molar-refractivity contribution in [3.8, 4) is 0 Å². The number of aromatic nitrogens is 1. The third-order valence-electron chi connectivity index (χ3n) is 9.16. The lowest BCUT2D eigenvalue weighted by atomic mass is 9.75. The van der Waals surface area contributed by atoms with Gasteiger partial charge in [0.2, 0.25) is 5.91 Å². The summed E-state index contributed by atoms with van der Waals surface area (Å²) in [6.07, 6.45) is 20.6.